The predicted molar refractivity (Wildman–Crippen MR) is 93.8 cm³/mol. The van der Waals surface area contributed by atoms with Crippen LogP contribution in [0.5, 0.6) is 0 Å². The third kappa shape index (κ3) is 3.67. The molecule has 1 atom stereocenters. The van der Waals surface area contributed by atoms with Gasteiger partial charge in [-0.3, -0.25) is 14.7 Å². The summed E-state index contributed by atoms with van der Waals surface area (Å²) in [4.78, 5) is 27.7. The lowest BCUT2D eigenvalue weighted by atomic mass is 9.96. The van der Waals surface area contributed by atoms with Crippen molar-refractivity contribution in [2.75, 3.05) is 13.1 Å². The minimum Gasteiger partial charge on any atom is -0.354 e. The van der Waals surface area contributed by atoms with Crippen LogP contribution in [0.1, 0.15) is 37.2 Å². The van der Waals surface area contributed by atoms with Gasteiger partial charge in [0, 0.05) is 19.1 Å². The lowest BCUT2D eigenvalue weighted by molar-refractivity contribution is -0.126. The van der Waals surface area contributed by atoms with E-state index in [1.807, 2.05) is 31.4 Å². The molecule has 1 saturated heterocycles. The topological polar surface area (TPSA) is 78.1 Å². The average Bonchev–Trinajstić information content (AvgIpc) is 3.24. The average molecular weight is 346 g/mol. The summed E-state index contributed by atoms with van der Waals surface area (Å²) in [6, 6.07) is 5.85. The fraction of sp³-hybridized carbons (Fsp3) is 0.471. The number of thiophene rings is 1. The molecule has 2 aromatic heterocycles. The van der Waals surface area contributed by atoms with Gasteiger partial charge in [-0.05, 0) is 44.2 Å². The number of amides is 2. The molecule has 0 saturated carbocycles. The number of piperidine rings is 1. The molecule has 24 heavy (non-hydrogen) atoms. The van der Waals surface area contributed by atoms with E-state index in [0.29, 0.717) is 18.8 Å². The molecule has 7 heteroatoms. The maximum absolute atomic E-state index is 12.7. The van der Waals surface area contributed by atoms with E-state index in [9.17, 15) is 9.59 Å². The van der Waals surface area contributed by atoms with Crippen LogP contribution < -0.4 is 5.32 Å². The molecule has 2 amide bonds. The van der Waals surface area contributed by atoms with Gasteiger partial charge in [0.1, 0.15) is 0 Å². The van der Waals surface area contributed by atoms with E-state index >= 15 is 0 Å². The molecule has 1 aliphatic heterocycles. The lowest BCUT2D eigenvalue weighted by Gasteiger charge is -2.32. The highest BCUT2D eigenvalue weighted by molar-refractivity contribution is 7.13. The molecule has 128 valence electrons. The van der Waals surface area contributed by atoms with Gasteiger partial charge in [-0.25, -0.2) is 0 Å². The van der Waals surface area contributed by atoms with Crippen molar-refractivity contribution in [2.45, 2.75) is 32.7 Å². The van der Waals surface area contributed by atoms with Gasteiger partial charge in [0.25, 0.3) is 5.91 Å². The molecule has 3 heterocycles. The van der Waals surface area contributed by atoms with Gasteiger partial charge in [0.15, 0.2) is 5.69 Å². The molecule has 2 aromatic rings. The van der Waals surface area contributed by atoms with Crippen molar-refractivity contribution < 1.29 is 9.59 Å². The highest BCUT2D eigenvalue weighted by Crippen LogP contribution is 2.24. The van der Waals surface area contributed by atoms with Crippen LogP contribution in [0.25, 0.3) is 10.6 Å². The number of aromatic amines is 1. The van der Waals surface area contributed by atoms with Crippen molar-refractivity contribution in [3.8, 4) is 10.6 Å². The van der Waals surface area contributed by atoms with Crippen LogP contribution in [0.4, 0.5) is 0 Å². The highest BCUT2D eigenvalue weighted by Gasteiger charge is 2.30. The Labute approximate surface area is 145 Å². The summed E-state index contributed by atoms with van der Waals surface area (Å²) < 4.78 is 0. The van der Waals surface area contributed by atoms with E-state index in [-0.39, 0.29) is 23.8 Å². The molecule has 0 radical (unpaired) electrons. The van der Waals surface area contributed by atoms with E-state index in [4.69, 9.17) is 0 Å². The maximum Gasteiger partial charge on any atom is 0.274 e. The second kappa shape index (κ2) is 7.17. The normalized spacial score (nSPS) is 18.0. The van der Waals surface area contributed by atoms with Crippen molar-refractivity contribution >= 4 is 23.2 Å². The zero-order valence-electron chi connectivity index (χ0n) is 13.9. The van der Waals surface area contributed by atoms with Crippen molar-refractivity contribution in [3.63, 3.8) is 0 Å². The fourth-order valence-corrected chi connectivity index (χ4v) is 3.62. The number of hydrogen-bond acceptors (Lipinski definition) is 4. The molecule has 0 aromatic carbocycles. The Morgan fingerprint density at radius 3 is 3.00 bits per heavy atom. The number of rotatable bonds is 4. The first-order chi connectivity index (χ1) is 11.5. The molecule has 0 unspecified atom stereocenters. The lowest BCUT2D eigenvalue weighted by Crippen LogP contribution is -2.46. The molecular weight excluding hydrogens is 324 g/mol. The molecule has 0 aliphatic carbocycles. The Balaban J connectivity index is 1.67. The van der Waals surface area contributed by atoms with E-state index in [0.717, 1.165) is 23.4 Å². The highest BCUT2D eigenvalue weighted by atomic mass is 32.1. The molecule has 2 N–H and O–H groups in total. The first-order valence-electron chi connectivity index (χ1n) is 8.23. The van der Waals surface area contributed by atoms with Gasteiger partial charge in [-0.15, -0.1) is 11.3 Å². The summed E-state index contributed by atoms with van der Waals surface area (Å²) in [6.45, 7) is 5.02. The quantitative estimate of drug-likeness (QED) is 0.893. The van der Waals surface area contributed by atoms with Gasteiger partial charge in [0.05, 0.1) is 16.5 Å². The number of carbonyl (C=O) groups excluding carboxylic acids is 2. The van der Waals surface area contributed by atoms with Crippen LogP contribution >= 0.6 is 11.3 Å². The summed E-state index contributed by atoms with van der Waals surface area (Å²) >= 11 is 1.60. The van der Waals surface area contributed by atoms with E-state index in [1.54, 1.807) is 22.3 Å². The van der Waals surface area contributed by atoms with Crippen molar-refractivity contribution in [2.24, 2.45) is 5.92 Å². The Morgan fingerprint density at radius 1 is 1.46 bits per heavy atom. The van der Waals surface area contributed by atoms with Crippen molar-refractivity contribution in [3.05, 3.63) is 29.3 Å². The third-order valence-electron chi connectivity index (χ3n) is 4.09. The smallest absolute Gasteiger partial charge is 0.274 e. The van der Waals surface area contributed by atoms with Crippen LogP contribution in [0, 0.1) is 5.92 Å². The number of H-pyrrole nitrogens is 1. The van der Waals surface area contributed by atoms with Gasteiger partial charge in [-0.2, -0.15) is 5.10 Å². The van der Waals surface area contributed by atoms with Gasteiger partial charge in [-0.1, -0.05) is 6.07 Å². The minimum absolute atomic E-state index is 0.0313. The van der Waals surface area contributed by atoms with E-state index < -0.39 is 0 Å². The maximum atomic E-state index is 12.7. The van der Waals surface area contributed by atoms with Gasteiger partial charge in [0.2, 0.25) is 5.91 Å². The fourth-order valence-electron chi connectivity index (χ4n) is 2.93. The summed E-state index contributed by atoms with van der Waals surface area (Å²) in [6.07, 6.45) is 1.66. The molecule has 6 nitrogen and oxygen atoms in total. The number of nitrogens with zero attached hydrogens (tertiary/aromatic N) is 2. The predicted octanol–water partition coefficient (Wildman–Crippen LogP) is 2.51. The van der Waals surface area contributed by atoms with Crippen LogP contribution in [0.2, 0.25) is 0 Å². The zero-order chi connectivity index (χ0) is 17.1. The summed E-state index contributed by atoms with van der Waals surface area (Å²) in [5.41, 5.74) is 1.25. The summed E-state index contributed by atoms with van der Waals surface area (Å²) in [5.74, 6) is -0.222. The minimum atomic E-state index is -0.138. The van der Waals surface area contributed by atoms with Crippen molar-refractivity contribution in [1.29, 1.82) is 0 Å². The zero-order valence-corrected chi connectivity index (χ0v) is 14.7. The Morgan fingerprint density at radius 2 is 2.29 bits per heavy atom. The van der Waals surface area contributed by atoms with Crippen molar-refractivity contribution in [1.82, 2.24) is 20.4 Å². The van der Waals surface area contributed by atoms with E-state index in [1.165, 1.54) is 0 Å². The molecule has 0 bridgehead atoms. The Hall–Kier alpha value is -2.15. The standard InChI is InChI=1S/C17H22N4O2S/c1-11(2)18-16(22)12-5-3-7-21(10-12)17(23)14-9-13(19-20-14)15-6-4-8-24-15/h4,6,8-9,11-12H,3,5,7,10H2,1-2H3,(H,18,22)(H,19,20)/t12-/m1/s1. The van der Waals surface area contributed by atoms with Crippen LogP contribution in [0.15, 0.2) is 23.6 Å². The second-order valence-corrected chi connectivity index (χ2v) is 7.35. The molecular formula is C17H22N4O2S. The van der Waals surface area contributed by atoms with Crippen LogP contribution in [0.3, 0.4) is 0 Å². The first kappa shape index (κ1) is 16.7. The Bertz CT molecular complexity index is 708. The molecule has 0 spiro atoms. The number of carbonyl (C=O) groups is 2. The third-order valence-corrected chi connectivity index (χ3v) is 5.00. The number of likely N-dealkylation sites (tertiary alicyclic amines) is 1. The number of aromatic nitrogens is 2. The monoisotopic (exact) mass is 346 g/mol. The Kier molecular flexibility index (Phi) is 4.99. The molecule has 3 rings (SSSR count). The first-order valence-corrected chi connectivity index (χ1v) is 9.11. The number of hydrogen-bond donors (Lipinski definition) is 2. The number of nitrogens with one attached hydrogen (secondary N) is 2. The molecule has 1 fully saturated rings. The second-order valence-electron chi connectivity index (χ2n) is 6.40. The van der Waals surface area contributed by atoms with Gasteiger partial charge >= 0.3 is 0 Å². The summed E-state index contributed by atoms with van der Waals surface area (Å²) in [5, 5.41) is 12.0. The van der Waals surface area contributed by atoms with Gasteiger partial charge < -0.3 is 10.2 Å². The summed E-state index contributed by atoms with van der Waals surface area (Å²) in [7, 11) is 0. The van der Waals surface area contributed by atoms with Crippen LogP contribution in [-0.4, -0.2) is 46.0 Å². The SMILES string of the molecule is CC(C)NC(=O)[C@@H]1CCCN(C(=O)c2cc(-c3cccs3)[nH]n2)C1. The molecule has 1 aliphatic rings. The largest absolute Gasteiger partial charge is 0.354 e. The van der Waals surface area contributed by atoms with E-state index in [2.05, 4.69) is 15.5 Å². The van der Waals surface area contributed by atoms with Crippen LogP contribution in [-0.2, 0) is 4.79 Å².